The molecule has 2 aliphatic rings. The molecule has 0 heterocycles. The van der Waals surface area contributed by atoms with Crippen LogP contribution in [0.5, 0.6) is 0 Å². The van der Waals surface area contributed by atoms with Gasteiger partial charge in [-0.15, -0.1) is 0 Å². The Morgan fingerprint density at radius 2 is 1.85 bits per heavy atom. The molecule has 0 amide bonds. The van der Waals surface area contributed by atoms with Gasteiger partial charge in [-0.2, -0.15) is 0 Å². The van der Waals surface area contributed by atoms with Crippen LogP contribution in [-0.2, 0) is 4.74 Å². The lowest BCUT2D eigenvalue weighted by Crippen LogP contribution is -2.17. The lowest BCUT2D eigenvalue weighted by Gasteiger charge is -2.19. The van der Waals surface area contributed by atoms with E-state index in [2.05, 4.69) is 45.1 Å². The Morgan fingerprint density at radius 1 is 1.04 bits per heavy atom. The van der Waals surface area contributed by atoms with Crippen LogP contribution in [0.1, 0.15) is 72.1 Å². The molecular weight excluding hydrogens is 320 g/mol. The Kier molecular flexibility index (Phi) is 9.15. The highest BCUT2D eigenvalue weighted by Crippen LogP contribution is 2.51. The lowest BCUT2D eigenvalue weighted by atomic mass is 9.89. The minimum atomic E-state index is -0.130. The van der Waals surface area contributed by atoms with Crippen LogP contribution in [0.15, 0.2) is 35.5 Å². The summed E-state index contributed by atoms with van der Waals surface area (Å²) in [5.74, 6) is 2.70. The molecule has 0 aromatic heterocycles. The van der Waals surface area contributed by atoms with E-state index in [1.165, 1.54) is 49.7 Å². The molecule has 2 fully saturated rings. The minimum absolute atomic E-state index is 0.130. The molecule has 0 bridgehead atoms. The van der Waals surface area contributed by atoms with Gasteiger partial charge in [0.15, 0.2) is 0 Å². The SMILES string of the molecule is COCCCCCC1C[C@H]2C[C@@H](O)[C@H](/C=C/C(C)=C/CC=C(C)C)[C@H]2C1. The van der Waals surface area contributed by atoms with Gasteiger partial charge in [0.1, 0.15) is 0 Å². The van der Waals surface area contributed by atoms with Crippen molar-refractivity contribution in [1.82, 2.24) is 0 Å². The largest absolute Gasteiger partial charge is 0.392 e. The van der Waals surface area contributed by atoms with Crippen LogP contribution in [-0.4, -0.2) is 24.9 Å². The van der Waals surface area contributed by atoms with Crippen LogP contribution < -0.4 is 0 Å². The Labute approximate surface area is 161 Å². The first-order chi connectivity index (χ1) is 12.5. The zero-order valence-electron chi connectivity index (χ0n) is 17.4. The fourth-order valence-corrected chi connectivity index (χ4v) is 4.95. The predicted octanol–water partition coefficient (Wildman–Crippen LogP) is 6.08. The standard InChI is InChI=1S/C24H40O2/c1-18(2)9-8-10-19(3)12-13-22-23-16-20(11-6-5-7-14-26-4)15-21(23)17-24(22)25/h9-10,12-13,20-25H,5-8,11,14-17H2,1-4H3/b13-12+,19-10+/t20?,21-,22+,23-,24+/m0/s1. The molecule has 26 heavy (non-hydrogen) atoms. The molecule has 2 aliphatic carbocycles. The van der Waals surface area contributed by atoms with Gasteiger partial charge in [0.25, 0.3) is 0 Å². The van der Waals surface area contributed by atoms with Crippen molar-refractivity contribution in [1.29, 1.82) is 0 Å². The van der Waals surface area contributed by atoms with Crippen molar-refractivity contribution < 1.29 is 9.84 Å². The Hall–Kier alpha value is -0.860. The van der Waals surface area contributed by atoms with Gasteiger partial charge in [-0.05, 0) is 70.6 Å². The quantitative estimate of drug-likeness (QED) is 0.291. The number of rotatable bonds is 10. The molecule has 0 aromatic carbocycles. The maximum atomic E-state index is 10.5. The molecule has 0 spiro atoms. The summed E-state index contributed by atoms with van der Waals surface area (Å²) in [4.78, 5) is 0. The molecule has 148 valence electrons. The van der Waals surface area contributed by atoms with E-state index in [-0.39, 0.29) is 6.10 Å². The predicted molar refractivity (Wildman–Crippen MR) is 111 cm³/mol. The summed E-state index contributed by atoms with van der Waals surface area (Å²) in [5, 5.41) is 10.5. The molecule has 2 nitrogen and oxygen atoms in total. The van der Waals surface area contributed by atoms with Gasteiger partial charge in [0, 0.05) is 19.6 Å². The maximum Gasteiger partial charge on any atom is 0.0608 e. The molecule has 0 radical (unpaired) electrons. The van der Waals surface area contributed by atoms with Crippen LogP contribution in [0.3, 0.4) is 0 Å². The van der Waals surface area contributed by atoms with Crippen molar-refractivity contribution in [3.63, 3.8) is 0 Å². The molecule has 0 aliphatic heterocycles. The average molecular weight is 361 g/mol. The van der Waals surface area contributed by atoms with E-state index < -0.39 is 0 Å². The van der Waals surface area contributed by atoms with E-state index in [4.69, 9.17) is 4.74 Å². The highest BCUT2D eigenvalue weighted by Gasteiger charge is 2.46. The molecule has 0 aromatic rings. The van der Waals surface area contributed by atoms with Gasteiger partial charge in [-0.1, -0.05) is 54.7 Å². The molecule has 0 saturated heterocycles. The highest BCUT2D eigenvalue weighted by molar-refractivity contribution is 5.20. The van der Waals surface area contributed by atoms with Crippen LogP contribution >= 0.6 is 0 Å². The Balaban J connectivity index is 1.81. The molecule has 5 atom stereocenters. The van der Waals surface area contributed by atoms with Crippen molar-refractivity contribution in [3.05, 3.63) is 35.5 Å². The van der Waals surface area contributed by atoms with Crippen LogP contribution in [0.25, 0.3) is 0 Å². The fraction of sp³-hybridized carbons (Fsp3) is 0.750. The Morgan fingerprint density at radius 3 is 2.58 bits per heavy atom. The van der Waals surface area contributed by atoms with Crippen molar-refractivity contribution in [3.8, 4) is 0 Å². The van der Waals surface area contributed by atoms with Crippen molar-refractivity contribution in [2.24, 2.45) is 23.7 Å². The number of methoxy groups -OCH3 is 1. The monoisotopic (exact) mass is 360 g/mol. The molecule has 2 saturated carbocycles. The second kappa shape index (κ2) is 11.1. The first-order valence-corrected chi connectivity index (χ1v) is 10.7. The smallest absolute Gasteiger partial charge is 0.0608 e. The summed E-state index contributed by atoms with van der Waals surface area (Å²) in [6.45, 7) is 7.35. The third-order valence-corrected chi connectivity index (χ3v) is 6.34. The highest BCUT2D eigenvalue weighted by atomic mass is 16.5. The van der Waals surface area contributed by atoms with Crippen molar-refractivity contribution >= 4 is 0 Å². The van der Waals surface area contributed by atoms with E-state index >= 15 is 0 Å². The topological polar surface area (TPSA) is 29.5 Å². The van der Waals surface area contributed by atoms with Gasteiger partial charge >= 0.3 is 0 Å². The number of hydrogen-bond donors (Lipinski definition) is 1. The van der Waals surface area contributed by atoms with E-state index in [9.17, 15) is 5.11 Å². The molecule has 1 unspecified atom stereocenters. The summed E-state index contributed by atoms with van der Waals surface area (Å²) in [5.41, 5.74) is 2.68. The van der Waals surface area contributed by atoms with Crippen LogP contribution in [0, 0.1) is 23.7 Å². The lowest BCUT2D eigenvalue weighted by molar-refractivity contribution is 0.134. The van der Waals surface area contributed by atoms with Gasteiger partial charge in [-0.3, -0.25) is 0 Å². The van der Waals surface area contributed by atoms with E-state index in [0.29, 0.717) is 11.8 Å². The normalized spacial score (nSPS) is 31.6. The van der Waals surface area contributed by atoms with Gasteiger partial charge < -0.3 is 9.84 Å². The Bertz CT molecular complexity index is 498. The number of aliphatic hydroxyl groups is 1. The summed E-state index contributed by atoms with van der Waals surface area (Å²) in [6.07, 6.45) is 18.8. The van der Waals surface area contributed by atoms with Crippen molar-refractivity contribution in [2.45, 2.75) is 78.2 Å². The van der Waals surface area contributed by atoms with Crippen LogP contribution in [0.4, 0.5) is 0 Å². The third kappa shape index (κ3) is 6.70. The van der Waals surface area contributed by atoms with E-state index in [1.54, 1.807) is 7.11 Å². The second-order valence-corrected chi connectivity index (χ2v) is 8.81. The number of aliphatic hydroxyl groups excluding tert-OH is 1. The molecule has 1 N–H and O–H groups in total. The first-order valence-electron chi connectivity index (χ1n) is 10.7. The van der Waals surface area contributed by atoms with Gasteiger partial charge in [0.2, 0.25) is 0 Å². The second-order valence-electron chi connectivity index (χ2n) is 8.81. The van der Waals surface area contributed by atoms with Gasteiger partial charge in [-0.25, -0.2) is 0 Å². The fourth-order valence-electron chi connectivity index (χ4n) is 4.95. The maximum absolute atomic E-state index is 10.5. The first kappa shape index (κ1) is 21.4. The average Bonchev–Trinajstić information content (AvgIpc) is 3.09. The molecular formula is C24H40O2. The van der Waals surface area contributed by atoms with Crippen molar-refractivity contribution in [2.75, 3.05) is 13.7 Å². The van der Waals surface area contributed by atoms with E-state index in [1.807, 2.05) is 0 Å². The zero-order chi connectivity index (χ0) is 18.9. The van der Waals surface area contributed by atoms with E-state index in [0.717, 1.165) is 31.3 Å². The number of fused-ring (bicyclic) bond motifs is 1. The summed E-state index contributed by atoms with van der Waals surface area (Å²) in [7, 11) is 1.79. The number of ether oxygens (including phenoxy) is 1. The molecule has 2 rings (SSSR count). The van der Waals surface area contributed by atoms with Gasteiger partial charge in [0.05, 0.1) is 6.10 Å². The number of hydrogen-bond acceptors (Lipinski definition) is 2. The van der Waals surface area contributed by atoms with Crippen LogP contribution in [0.2, 0.25) is 0 Å². The number of allylic oxidation sites excluding steroid dienone is 5. The summed E-state index contributed by atoms with van der Waals surface area (Å²) >= 11 is 0. The minimum Gasteiger partial charge on any atom is -0.392 e. The summed E-state index contributed by atoms with van der Waals surface area (Å²) in [6, 6.07) is 0. The third-order valence-electron chi connectivity index (χ3n) is 6.34. The summed E-state index contributed by atoms with van der Waals surface area (Å²) < 4.78 is 5.14. The molecule has 2 heteroatoms. The zero-order valence-corrected chi connectivity index (χ0v) is 17.4. The number of unbranched alkanes of at least 4 members (excludes halogenated alkanes) is 2.